The summed E-state index contributed by atoms with van der Waals surface area (Å²) in [4.78, 5) is 21.8. The summed E-state index contributed by atoms with van der Waals surface area (Å²) in [5.74, 6) is -0.0203. The number of fused-ring (bicyclic) bond motifs is 1. The van der Waals surface area contributed by atoms with E-state index in [4.69, 9.17) is 4.98 Å². The predicted molar refractivity (Wildman–Crippen MR) is 112 cm³/mol. The highest BCUT2D eigenvalue weighted by Crippen LogP contribution is 2.32. The molecule has 3 rings (SSSR count). The van der Waals surface area contributed by atoms with Crippen LogP contribution in [0.25, 0.3) is 16.3 Å². The molecule has 6 heteroatoms. The molecule has 2 heterocycles. The molecule has 3 aromatic rings. The number of carbonyl (C=O) groups excluding carboxylic acids is 1. The second-order valence-corrected chi connectivity index (χ2v) is 8.68. The van der Waals surface area contributed by atoms with Gasteiger partial charge in [0.1, 0.15) is 0 Å². The number of nitrogens with zero attached hydrogens (tertiary/aromatic N) is 2. The fourth-order valence-electron chi connectivity index (χ4n) is 2.75. The molecule has 0 atom stereocenters. The van der Waals surface area contributed by atoms with Gasteiger partial charge in [-0.05, 0) is 48.6 Å². The Morgan fingerprint density at radius 2 is 2.12 bits per heavy atom. The van der Waals surface area contributed by atoms with Crippen molar-refractivity contribution in [2.24, 2.45) is 0 Å². The molecule has 0 unspecified atom stereocenters. The fourth-order valence-corrected chi connectivity index (χ4v) is 4.41. The van der Waals surface area contributed by atoms with Crippen molar-refractivity contribution < 1.29 is 9.69 Å². The Kier molecular flexibility index (Phi) is 5.86. The first-order valence-electron chi connectivity index (χ1n) is 8.64. The number of likely N-dealkylation sites (N-methyl/N-ethyl adjacent to an activating group) is 1. The van der Waals surface area contributed by atoms with Crippen molar-refractivity contribution in [1.82, 2.24) is 4.98 Å². The molecule has 136 valence electrons. The highest BCUT2D eigenvalue weighted by molar-refractivity contribution is 7.22. The Labute approximate surface area is 162 Å². The van der Waals surface area contributed by atoms with Crippen LogP contribution < -0.4 is 9.80 Å². The number of aryl methyl sites for hydroxylation is 2. The summed E-state index contributed by atoms with van der Waals surface area (Å²) < 4.78 is 1.16. The molecule has 0 saturated carbocycles. The summed E-state index contributed by atoms with van der Waals surface area (Å²) >= 11 is 3.22. The average molecular weight is 387 g/mol. The number of rotatable bonds is 6. The van der Waals surface area contributed by atoms with Gasteiger partial charge in [0.2, 0.25) is 0 Å². The molecule has 4 nitrogen and oxygen atoms in total. The first-order valence-corrected chi connectivity index (χ1v) is 10.3. The van der Waals surface area contributed by atoms with E-state index in [9.17, 15) is 4.79 Å². The molecular formula is C20H24N3OS2+. The fraction of sp³-hybridized carbons (Fsp3) is 0.300. The minimum atomic E-state index is -0.0203. The van der Waals surface area contributed by atoms with E-state index in [2.05, 4.69) is 40.1 Å². The van der Waals surface area contributed by atoms with Gasteiger partial charge in [-0.25, -0.2) is 4.98 Å². The Bertz CT molecular complexity index is 926. The van der Waals surface area contributed by atoms with E-state index in [1.54, 1.807) is 33.6 Å². The smallest absolute Gasteiger partial charge is 0.253 e. The van der Waals surface area contributed by atoms with Crippen LogP contribution >= 0.6 is 22.7 Å². The van der Waals surface area contributed by atoms with Gasteiger partial charge < -0.3 is 4.90 Å². The van der Waals surface area contributed by atoms with Gasteiger partial charge in [0.15, 0.2) is 5.13 Å². The van der Waals surface area contributed by atoms with E-state index in [1.165, 1.54) is 16.0 Å². The van der Waals surface area contributed by atoms with E-state index in [0.717, 1.165) is 26.8 Å². The van der Waals surface area contributed by atoms with E-state index in [-0.39, 0.29) is 5.91 Å². The van der Waals surface area contributed by atoms with Gasteiger partial charge in [-0.3, -0.25) is 9.69 Å². The third kappa shape index (κ3) is 4.38. The van der Waals surface area contributed by atoms with Crippen LogP contribution in [-0.2, 0) is 4.79 Å². The second-order valence-electron chi connectivity index (χ2n) is 6.72. The number of nitrogens with one attached hydrogen (secondary N) is 1. The highest BCUT2D eigenvalue weighted by Gasteiger charge is 2.19. The average Bonchev–Trinajstić information content (AvgIpc) is 3.22. The summed E-state index contributed by atoms with van der Waals surface area (Å²) in [7, 11) is 4.19. The first kappa shape index (κ1) is 18.8. The van der Waals surface area contributed by atoms with E-state index < -0.39 is 0 Å². The molecule has 1 amide bonds. The summed E-state index contributed by atoms with van der Waals surface area (Å²) in [6.45, 7) is 5.69. The lowest BCUT2D eigenvalue weighted by Gasteiger charge is -2.19. The number of thiophene rings is 1. The lowest BCUT2D eigenvalue weighted by Crippen LogP contribution is -3.06. The molecule has 1 aromatic carbocycles. The second kappa shape index (κ2) is 8.12. The van der Waals surface area contributed by atoms with Crippen LogP contribution in [0.15, 0.2) is 35.7 Å². The summed E-state index contributed by atoms with van der Waals surface area (Å²) in [6, 6.07) is 8.24. The van der Waals surface area contributed by atoms with Gasteiger partial charge in [0.25, 0.3) is 5.91 Å². The molecule has 0 aliphatic carbocycles. The molecule has 2 aromatic heterocycles. The Hall–Kier alpha value is -2.02. The van der Waals surface area contributed by atoms with Crippen LogP contribution in [0.3, 0.4) is 0 Å². The van der Waals surface area contributed by atoms with Crippen molar-refractivity contribution in [3.63, 3.8) is 0 Å². The Morgan fingerprint density at radius 3 is 2.81 bits per heavy atom. The molecule has 0 bridgehead atoms. The first-order chi connectivity index (χ1) is 12.4. The zero-order valence-electron chi connectivity index (χ0n) is 15.6. The highest BCUT2D eigenvalue weighted by atomic mass is 32.1. The van der Waals surface area contributed by atoms with Crippen LogP contribution in [-0.4, -0.2) is 38.1 Å². The van der Waals surface area contributed by atoms with Crippen LogP contribution in [0, 0.1) is 13.8 Å². The molecule has 0 aliphatic heterocycles. The summed E-state index contributed by atoms with van der Waals surface area (Å²) in [5.41, 5.74) is 3.38. The topological polar surface area (TPSA) is 37.6 Å². The number of benzene rings is 1. The lowest BCUT2D eigenvalue weighted by atomic mass is 10.1. The number of quaternary nitrogens is 1. The number of anilines is 1. The number of hydrogen-bond donors (Lipinski definition) is 1. The van der Waals surface area contributed by atoms with E-state index >= 15 is 0 Å². The van der Waals surface area contributed by atoms with Gasteiger partial charge >= 0.3 is 0 Å². The van der Waals surface area contributed by atoms with Crippen LogP contribution in [0.4, 0.5) is 5.13 Å². The Morgan fingerprint density at radius 1 is 1.31 bits per heavy atom. The molecule has 0 aliphatic rings. The summed E-state index contributed by atoms with van der Waals surface area (Å²) in [6.07, 6.45) is 3.53. The minimum Gasteiger partial charge on any atom is -0.338 e. The predicted octanol–water partition coefficient (Wildman–Crippen LogP) is 3.17. The molecule has 26 heavy (non-hydrogen) atoms. The maximum absolute atomic E-state index is 12.9. The zero-order valence-corrected chi connectivity index (χ0v) is 17.2. The number of hydrogen-bond acceptors (Lipinski definition) is 4. The van der Waals surface area contributed by atoms with Gasteiger partial charge in [0, 0.05) is 11.0 Å². The molecule has 1 N–H and O–H groups in total. The van der Waals surface area contributed by atoms with Crippen LogP contribution in [0.2, 0.25) is 0 Å². The van der Waals surface area contributed by atoms with Gasteiger partial charge in [-0.15, -0.1) is 11.3 Å². The van der Waals surface area contributed by atoms with Crippen molar-refractivity contribution in [2.45, 2.75) is 13.8 Å². The van der Waals surface area contributed by atoms with Crippen molar-refractivity contribution in [1.29, 1.82) is 0 Å². The van der Waals surface area contributed by atoms with Crippen molar-refractivity contribution in [3.8, 4) is 0 Å². The molecule has 0 fully saturated rings. The molecule has 0 radical (unpaired) electrons. The number of amides is 1. The van der Waals surface area contributed by atoms with Gasteiger partial charge in [0.05, 0.1) is 37.4 Å². The zero-order chi connectivity index (χ0) is 18.7. The molecule has 0 spiro atoms. The van der Waals surface area contributed by atoms with Crippen LogP contribution in [0.1, 0.15) is 16.0 Å². The SMILES string of the molecule is Cc1cc(C)c2sc(N(CC[NH+](C)C)C(=O)/C=C/c3cccs3)nc2c1. The van der Waals surface area contributed by atoms with Gasteiger partial charge in [-0.1, -0.05) is 23.5 Å². The van der Waals surface area contributed by atoms with Gasteiger partial charge in [-0.2, -0.15) is 0 Å². The van der Waals surface area contributed by atoms with Crippen molar-refractivity contribution in [2.75, 3.05) is 32.1 Å². The largest absolute Gasteiger partial charge is 0.338 e. The third-order valence-electron chi connectivity index (χ3n) is 4.07. The number of carbonyl (C=O) groups is 1. The molecular weight excluding hydrogens is 362 g/mol. The normalized spacial score (nSPS) is 11.7. The van der Waals surface area contributed by atoms with E-state index in [1.807, 2.05) is 23.6 Å². The lowest BCUT2D eigenvalue weighted by molar-refractivity contribution is -0.856. The number of aromatic nitrogens is 1. The molecule has 0 saturated heterocycles. The maximum Gasteiger partial charge on any atom is 0.253 e. The quantitative estimate of drug-likeness (QED) is 0.661. The summed E-state index contributed by atoms with van der Waals surface area (Å²) in [5, 5.41) is 2.78. The van der Waals surface area contributed by atoms with Crippen molar-refractivity contribution >= 4 is 50.0 Å². The number of thiazole rings is 1. The monoisotopic (exact) mass is 386 g/mol. The standard InChI is InChI=1S/C20H23N3OS2/c1-14-12-15(2)19-17(13-14)21-20(26-19)23(10-9-22(3)4)18(24)8-7-16-6-5-11-25-16/h5-8,11-13H,9-10H2,1-4H3/p+1/b8-7+. The minimum absolute atomic E-state index is 0.0203. The van der Waals surface area contributed by atoms with Crippen LogP contribution in [0.5, 0.6) is 0 Å². The third-order valence-corrected chi connectivity index (χ3v) is 6.14. The Balaban J connectivity index is 1.92. The van der Waals surface area contributed by atoms with E-state index in [0.29, 0.717) is 6.54 Å². The van der Waals surface area contributed by atoms with Crippen molar-refractivity contribution in [3.05, 3.63) is 51.7 Å². The maximum atomic E-state index is 12.9.